The Kier molecular flexibility index (Phi) is 4.47. The number of carbonyl (C=O) groups excluding carboxylic acids is 1. The third-order valence-corrected chi connectivity index (χ3v) is 4.11. The van der Waals surface area contributed by atoms with Gasteiger partial charge < -0.3 is 10.1 Å². The van der Waals surface area contributed by atoms with E-state index in [1.165, 1.54) is 19.3 Å². The van der Waals surface area contributed by atoms with Crippen LogP contribution in [0.3, 0.4) is 0 Å². The number of anilines is 1. The molecule has 5 heteroatoms. The number of nitrogens with zero attached hydrogens (tertiary/aromatic N) is 2. The molecule has 1 heterocycles. The molecular formula is C15H23N3O2. The van der Waals surface area contributed by atoms with Gasteiger partial charge in [-0.3, -0.25) is 4.79 Å². The molecule has 110 valence electrons. The van der Waals surface area contributed by atoms with Crippen LogP contribution in [0.4, 0.5) is 5.82 Å². The van der Waals surface area contributed by atoms with Crippen molar-refractivity contribution < 1.29 is 9.53 Å². The first-order valence-corrected chi connectivity index (χ1v) is 7.10. The van der Waals surface area contributed by atoms with Crippen LogP contribution in [0.2, 0.25) is 0 Å². The van der Waals surface area contributed by atoms with Crippen molar-refractivity contribution in [1.29, 1.82) is 0 Å². The van der Waals surface area contributed by atoms with Crippen LogP contribution in [0.15, 0.2) is 18.7 Å². The summed E-state index contributed by atoms with van der Waals surface area (Å²) in [5, 5.41) is 7.04. The van der Waals surface area contributed by atoms with Crippen LogP contribution < -0.4 is 10.1 Å². The van der Waals surface area contributed by atoms with Crippen molar-refractivity contribution >= 4 is 11.7 Å². The van der Waals surface area contributed by atoms with Crippen LogP contribution in [-0.2, 0) is 11.8 Å². The van der Waals surface area contributed by atoms with E-state index in [4.69, 9.17) is 4.74 Å². The van der Waals surface area contributed by atoms with Crippen LogP contribution in [0.1, 0.15) is 38.5 Å². The number of rotatable bonds is 5. The monoisotopic (exact) mass is 277 g/mol. The van der Waals surface area contributed by atoms with E-state index in [9.17, 15) is 4.79 Å². The van der Waals surface area contributed by atoms with Gasteiger partial charge in [0.25, 0.3) is 0 Å². The summed E-state index contributed by atoms with van der Waals surface area (Å²) < 4.78 is 6.73. The topological polar surface area (TPSA) is 56.1 Å². The second-order valence-electron chi connectivity index (χ2n) is 5.55. The first-order chi connectivity index (χ1) is 9.58. The summed E-state index contributed by atoms with van der Waals surface area (Å²) in [4.78, 5) is 12.2. The van der Waals surface area contributed by atoms with Gasteiger partial charge in [0.1, 0.15) is 0 Å². The maximum absolute atomic E-state index is 12.2. The lowest BCUT2D eigenvalue weighted by Gasteiger charge is -2.33. The minimum atomic E-state index is -0.0405. The first-order valence-electron chi connectivity index (χ1n) is 7.10. The zero-order chi connectivity index (χ0) is 14.6. The lowest BCUT2D eigenvalue weighted by atomic mass is 9.72. The van der Waals surface area contributed by atoms with Crippen LogP contribution in [0.5, 0.6) is 5.88 Å². The molecule has 0 spiro atoms. The van der Waals surface area contributed by atoms with Gasteiger partial charge in [0.05, 0.1) is 7.11 Å². The fourth-order valence-electron chi connectivity index (χ4n) is 2.92. The Morgan fingerprint density at radius 3 is 2.80 bits per heavy atom. The smallest absolute Gasteiger partial charge is 0.226 e. The van der Waals surface area contributed by atoms with Gasteiger partial charge in [0.2, 0.25) is 11.8 Å². The molecule has 1 aromatic heterocycles. The molecule has 0 radical (unpaired) electrons. The molecule has 0 aromatic carbocycles. The quantitative estimate of drug-likeness (QED) is 0.842. The van der Waals surface area contributed by atoms with Crippen molar-refractivity contribution in [1.82, 2.24) is 9.78 Å². The largest absolute Gasteiger partial charge is 0.481 e. The number of methoxy groups -OCH3 is 1. The molecule has 1 aliphatic rings. The minimum absolute atomic E-state index is 0.00690. The Morgan fingerprint density at radius 2 is 2.25 bits per heavy atom. The molecule has 0 aliphatic heterocycles. The van der Waals surface area contributed by atoms with Crippen molar-refractivity contribution in [3.8, 4) is 5.88 Å². The number of nitrogens with one attached hydrogen (secondary N) is 1. The molecule has 1 fully saturated rings. The van der Waals surface area contributed by atoms with Crippen molar-refractivity contribution in [3.05, 3.63) is 18.7 Å². The molecular weight excluding hydrogens is 254 g/mol. The SMILES string of the molecule is C=CC1(CC(=O)Nc2cc(OC)n(C)n2)CCCCC1. The summed E-state index contributed by atoms with van der Waals surface area (Å²) in [5.41, 5.74) is -0.0405. The van der Waals surface area contributed by atoms with Gasteiger partial charge in [0.15, 0.2) is 5.82 Å². The molecule has 0 bridgehead atoms. The van der Waals surface area contributed by atoms with Gasteiger partial charge in [-0.05, 0) is 18.3 Å². The predicted molar refractivity (Wildman–Crippen MR) is 78.7 cm³/mol. The van der Waals surface area contributed by atoms with E-state index in [1.807, 2.05) is 6.08 Å². The maximum Gasteiger partial charge on any atom is 0.226 e. The van der Waals surface area contributed by atoms with Gasteiger partial charge in [-0.2, -0.15) is 5.10 Å². The number of ether oxygens (including phenoxy) is 1. The Hall–Kier alpha value is -1.78. The summed E-state index contributed by atoms with van der Waals surface area (Å²) in [7, 11) is 3.36. The van der Waals surface area contributed by atoms with Crippen LogP contribution in [0.25, 0.3) is 0 Å². The lowest BCUT2D eigenvalue weighted by molar-refractivity contribution is -0.118. The predicted octanol–water partition coefficient (Wildman–Crippen LogP) is 2.89. The maximum atomic E-state index is 12.2. The van der Waals surface area contributed by atoms with Crippen molar-refractivity contribution in [2.45, 2.75) is 38.5 Å². The second kappa shape index (κ2) is 6.11. The summed E-state index contributed by atoms with van der Waals surface area (Å²) in [6, 6.07) is 1.72. The van der Waals surface area contributed by atoms with Gasteiger partial charge in [-0.1, -0.05) is 25.3 Å². The Balaban J connectivity index is 1.98. The third-order valence-electron chi connectivity index (χ3n) is 4.11. The molecule has 1 N–H and O–H groups in total. The summed E-state index contributed by atoms with van der Waals surface area (Å²) >= 11 is 0. The van der Waals surface area contributed by atoms with Gasteiger partial charge in [-0.25, -0.2) is 4.68 Å². The van der Waals surface area contributed by atoms with E-state index in [1.54, 1.807) is 24.9 Å². The highest BCUT2D eigenvalue weighted by Crippen LogP contribution is 2.40. The summed E-state index contributed by atoms with van der Waals surface area (Å²) in [6.07, 6.45) is 8.16. The zero-order valence-corrected chi connectivity index (χ0v) is 12.3. The molecule has 2 rings (SSSR count). The summed E-state index contributed by atoms with van der Waals surface area (Å²) in [6.45, 7) is 3.93. The average Bonchev–Trinajstić information content (AvgIpc) is 2.79. The van der Waals surface area contributed by atoms with E-state index >= 15 is 0 Å². The van der Waals surface area contributed by atoms with Crippen molar-refractivity contribution in [2.24, 2.45) is 12.5 Å². The lowest BCUT2D eigenvalue weighted by Crippen LogP contribution is -2.28. The Labute approximate surface area is 120 Å². The number of aryl methyl sites for hydroxylation is 1. The molecule has 1 saturated carbocycles. The number of hydrogen-bond donors (Lipinski definition) is 1. The zero-order valence-electron chi connectivity index (χ0n) is 12.3. The average molecular weight is 277 g/mol. The number of amides is 1. The number of hydrogen-bond acceptors (Lipinski definition) is 3. The third kappa shape index (κ3) is 3.21. The van der Waals surface area contributed by atoms with Crippen LogP contribution in [0, 0.1) is 5.41 Å². The second-order valence-corrected chi connectivity index (χ2v) is 5.55. The first kappa shape index (κ1) is 14.6. The molecule has 0 atom stereocenters. The standard InChI is InChI=1S/C15H23N3O2/c1-4-15(8-6-5-7-9-15)11-13(19)16-12-10-14(20-3)18(2)17-12/h4,10H,1,5-9,11H2,2-3H3,(H,16,17,19). The highest BCUT2D eigenvalue weighted by molar-refractivity contribution is 5.90. The molecule has 0 saturated heterocycles. The highest BCUT2D eigenvalue weighted by atomic mass is 16.5. The van der Waals surface area contributed by atoms with Gasteiger partial charge >= 0.3 is 0 Å². The van der Waals surface area contributed by atoms with E-state index in [2.05, 4.69) is 17.0 Å². The Morgan fingerprint density at radius 1 is 1.55 bits per heavy atom. The molecule has 5 nitrogen and oxygen atoms in total. The van der Waals surface area contributed by atoms with Gasteiger partial charge in [0, 0.05) is 19.5 Å². The Bertz CT molecular complexity index is 487. The van der Waals surface area contributed by atoms with E-state index < -0.39 is 0 Å². The van der Waals surface area contributed by atoms with Crippen molar-refractivity contribution in [3.63, 3.8) is 0 Å². The number of allylic oxidation sites excluding steroid dienone is 1. The summed E-state index contributed by atoms with van der Waals surface area (Å²) in [5.74, 6) is 1.15. The molecule has 0 unspecified atom stereocenters. The fourth-order valence-corrected chi connectivity index (χ4v) is 2.92. The molecule has 1 aliphatic carbocycles. The van der Waals surface area contributed by atoms with E-state index in [-0.39, 0.29) is 11.3 Å². The molecule has 20 heavy (non-hydrogen) atoms. The highest BCUT2D eigenvalue weighted by Gasteiger charge is 2.31. The van der Waals surface area contributed by atoms with E-state index in [0.29, 0.717) is 18.1 Å². The van der Waals surface area contributed by atoms with E-state index in [0.717, 1.165) is 12.8 Å². The fraction of sp³-hybridized carbons (Fsp3) is 0.600. The normalized spacial score (nSPS) is 17.5. The van der Waals surface area contributed by atoms with Crippen molar-refractivity contribution in [2.75, 3.05) is 12.4 Å². The molecule has 1 aromatic rings. The number of carbonyl (C=O) groups is 1. The molecule has 1 amide bonds. The van der Waals surface area contributed by atoms with Crippen LogP contribution in [-0.4, -0.2) is 22.8 Å². The van der Waals surface area contributed by atoms with Gasteiger partial charge in [-0.15, -0.1) is 6.58 Å². The minimum Gasteiger partial charge on any atom is -0.481 e. The van der Waals surface area contributed by atoms with Crippen LogP contribution >= 0.6 is 0 Å². The number of aromatic nitrogens is 2.